The van der Waals surface area contributed by atoms with Crippen molar-refractivity contribution < 1.29 is 9.94 Å². The Hall–Kier alpha value is -2.83. The number of aromatic nitrogens is 2. The van der Waals surface area contributed by atoms with Gasteiger partial charge < -0.3 is 20.6 Å². The second-order valence-electron chi connectivity index (χ2n) is 4.41. The Morgan fingerprint density at radius 1 is 1.33 bits per heavy atom. The van der Waals surface area contributed by atoms with Gasteiger partial charge in [0.15, 0.2) is 5.84 Å². The molecule has 21 heavy (non-hydrogen) atoms. The summed E-state index contributed by atoms with van der Waals surface area (Å²) in [6.07, 6.45) is 0. The molecule has 1 aromatic heterocycles. The molecular formula is C14H17N5O2. The van der Waals surface area contributed by atoms with Crippen LogP contribution in [0.1, 0.15) is 11.4 Å². The number of amidine groups is 1. The topological polar surface area (TPSA) is 96.9 Å². The monoisotopic (exact) mass is 287 g/mol. The number of methoxy groups -OCH3 is 1. The Labute approximate surface area is 122 Å². The van der Waals surface area contributed by atoms with E-state index >= 15 is 0 Å². The van der Waals surface area contributed by atoms with Gasteiger partial charge in [-0.05, 0) is 25.1 Å². The highest BCUT2D eigenvalue weighted by Crippen LogP contribution is 2.30. The summed E-state index contributed by atoms with van der Waals surface area (Å²) in [6, 6.07) is 9.18. The molecule has 1 aromatic carbocycles. The van der Waals surface area contributed by atoms with Gasteiger partial charge in [0.1, 0.15) is 11.4 Å². The highest BCUT2D eigenvalue weighted by Gasteiger charge is 2.14. The van der Waals surface area contributed by atoms with Crippen LogP contribution in [-0.4, -0.2) is 35.2 Å². The summed E-state index contributed by atoms with van der Waals surface area (Å²) in [7, 11) is 3.42. The van der Waals surface area contributed by atoms with Gasteiger partial charge >= 0.3 is 0 Å². The SMILES string of the molecule is COc1ccccc1N(C)c1nc(C)cc(/C(N)=N/O)n1. The van der Waals surface area contributed by atoms with E-state index in [4.69, 9.17) is 15.7 Å². The minimum Gasteiger partial charge on any atom is -0.495 e. The van der Waals surface area contributed by atoms with Crippen molar-refractivity contribution in [3.8, 4) is 5.75 Å². The number of nitrogens with zero attached hydrogens (tertiary/aromatic N) is 4. The fourth-order valence-corrected chi connectivity index (χ4v) is 1.90. The second kappa shape index (κ2) is 6.08. The molecule has 1 heterocycles. The second-order valence-corrected chi connectivity index (χ2v) is 4.41. The molecule has 0 saturated heterocycles. The van der Waals surface area contributed by atoms with Crippen molar-refractivity contribution in [1.82, 2.24) is 9.97 Å². The summed E-state index contributed by atoms with van der Waals surface area (Å²) in [5.74, 6) is 1.08. The maximum atomic E-state index is 8.78. The van der Waals surface area contributed by atoms with E-state index in [0.29, 0.717) is 23.1 Å². The number of aryl methyl sites for hydroxylation is 1. The van der Waals surface area contributed by atoms with E-state index in [1.54, 1.807) is 18.1 Å². The number of hydrogen-bond acceptors (Lipinski definition) is 6. The fraction of sp³-hybridized carbons (Fsp3) is 0.214. The smallest absolute Gasteiger partial charge is 0.230 e. The lowest BCUT2D eigenvalue weighted by molar-refractivity contribution is 0.318. The van der Waals surface area contributed by atoms with Gasteiger partial charge in [-0.1, -0.05) is 17.3 Å². The van der Waals surface area contributed by atoms with Gasteiger partial charge in [0.05, 0.1) is 12.8 Å². The molecule has 0 bridgehead atoms. The first-order valence-corrected chi connectivity index (χ1v) is 6.27. The molecule has 7 nitrogen and oxygen atoms in total. The lowest BCUT2D eigenvalue weighted by Crippen LogP contribution is -2.20. The first-order valence-electron chi connectivity index (χ1n) is 6.27. The maximum Gasteiger partial charge on any atom is 0.230 e. The molecule has 0 unspecified atom stereocenters. The zero-order valence-corrected chi connectivity index (χ0v) is 12.1. The van der Waals surface area contributed by atoms with Crippen LogP contribution < -0.4 is 15.4 Å². The van der Waals surface area contributed by atoms with Crippen molar-refractivity contribution in [2.45, 2.75) is 6.92 Å². The number of anilines is 2. The highest BCUT2D eigenvalue weighted by atomic mass is 16.5. The van der Waals surface area contributed by atoms with Gasteiger partial charge in [-0.25, -0.2) is 9.97 Å². The Morgan fingerprint density at radius 2 is 2.05 bits per heavy atom. The largest absolute Gasteiger partial charge is 0.495 e. The summed E-state index contributed by atoms with van der Waals surface area (Å²) < 4.78 is 5.33. The van der Waals surface area contributed by atoms with E-state index in [1.807, 2.05) is 38.2 Å². The Bertz CT molecular complexity index is 672. The molecule has 0 amide bonds. The number of rotatable bonds is 4. The van der Waals surface area contributed by atoms with Crippen LogP contribution in [0.15, 0.2) is 35.5 Å². The number of para-hydroxylation sites is 2. The van der Waals surface area contributed by atoms with Crippen LogP contribution in [-0.2, 0) is 0 Å². The van der Waals surface area contributed by atoms with Crippen LogP contribution in [0.3, 0.4) is 0 Å². The maximum absolute atomic E-state index is 8.78. The van der Waals surface area contributed by atoms with E-state index in [1.165, 1.54) is 0 Å². The van der Waals surface area contributed by atoms with Crippen LogP contribution in [0, 0.1) is 6.92 Å². The van der Waals surface area contributed by atoms with E-state index in [2.05, 4.69) is 15.1 Å². The molecule has 0 aliphatic rings. The lowest BCUT2D eigenvalue weighted by atomic mass is 10.2. The normalized spacial score (nSPS) is 11.3. The molecule has 0 spiro atoms. The van der Waals surface area contributed by atoms with Crippen LogP contribution in [0.2, 0.25) is 0 Å². The molecule has 0 aliphatic carbocycles. The van der Waals surface area contributed by atoms with Crippen molar-refractivity contribution in [3.63, 3.8) is 0 Å². The third-order valence-electron chi connectivity index (χ3n) is 2.96. The third-order valence-corrected chi connectivity index (χ3v) is 2.96. The average Bonchev–Trinajstić information content (AvgIpc) is 2.52. The molecule has 0 fully saturated rings. The lowest BCUT2D eigenvalue weighted by Gasteiger charge is -2.20. The van der Waals surface area contributed by atoms with Gasteiger partial charge in [0.25, 0.3) is 0 Å². The molecule has 0 saturated carbocycles. The van der Waals surface area contributed by atoms with Gasteiger partial charge in [0.2, 0.25) is 5.95 Å². The predicted octanol–water partition coefficient (Wildman–Crippen LogP) is 1.66. The Morgan fingerprint density at radius 3 is 2.71 bits per heavy atom. The summed E-state index contributed by atoms with van der Waals surface area (Å²) >= 11 is 0. The molecule has 110 valence electrons. The zero-order chi connectivity index (χ0) is 15.4. The Kier molecular flexibility index (Phi) is 4.22. The zero-order valence-electron chi connectivity index (χ0n) is 12.1. The highest BCUT2D eigenvalue weighted by molar-refractivity contribution is 5.95. The van der Waals surface area contributed by atoms with Crippen molar-refractivity contribution in [2.24, 2.45) is 10.9 Å². The minimum absolute atomic E-state index is 0.0600. The third kappa shape index (κ3) is 3.02. The van der Waals surface area contributed by atoms with Crippen LogP contribution >= 0.6 is 0 Å². The van der Waals surface area contributed by atoms with Crippen molar-refractivity contribution >= 4 is 17.5 Å². The summed E-state index contributed by atoms with van der Waals surface area (Å²) in [5.41, 5.74) is 7.48. The van der Waals surface area contributed by atoms with E-state index < -0.39 is 0 Å². The number of ether oxygens (including phenoxy) is 1. The predicted molar refractivity (Wildman–Crippen MR) is 80.3 cm³/mol. The summed E-state index contributed by atoms with van der Waals surface area (Å²) in [6.45, 7) is 1.81. The summed E-state index contributed by atoms with van der Waals surface area (Å²) in [5, 5.41) is 11.7. The fourth-order valence-electron chi connectivity index (χ4n) is 1.90. The van der Waals surface area contributed by atoms with E-state index in [-0.39, 0.29) is 5.84 Å². The van der Waals surface area contributed by atoms with E-state index in [0.717, 1.165) is 5.69 Å². The molecular weight excluding hydrogens is 270 g/mol. The van der Waals surface area contributed by atoms with Crippen LogP contribution in [0.4, 0.5) is 11.6 Å². The molecule has 3 N–H and O–H groups in total. The number of nitrogens with two attached hydrogens (primary N) is 1. The van der Waals surface area contributed by atoms with E-state index in [9.17, 15) is 0 Å². The molecule has 2 rings (SSSR count). The molecule has 0 aliphatic heterocycles. The van der Waals surface area contributed by atoms with Crippen LogP contribution in [0.25, 0.3) is 0 Å². The summed E-state index contributed by atoms with van der Waals surface area (Å²) in [4.78, 5) is 10.4. The molecule has 0 atom stereocenters. The van der Waals surface area contributed by atoms with Gasteiger partial charge in [-0.15, -0.1) is 0 Å². The number of oxime groups is 1. The van der Waals surface area contributed by atoms with Gasteiger partial charge in [-0.3, -0.25) is 0 Å². The minimum atomic E-state index is -0.0600. The van der Waals surface area contributed by atoms with Crippen LogP contribution in [0.5, 0.6) is 5.75 Å². The number of benzene rings is 1. The van der Waals surface area contributed by atoms with Gasteiger partial charge in [0, 0.05) is 12.7 Å². The standard InChI is InChI=1S/C14H17N5O2/c1-9-8-10(13(15)18-20)17-14(16-9)19(2)11-6-4-5-7-12(11)21-3/h4-8,20H,1-3H3,(H2,15,18). The Balaban J connectivity index is 2.48. The average molecular weight is 287 g/mol. The van der Waals surface area contributed by atoms with Crippen molar-refractivity contribution in [1.29, 1.82) is 0 Å². The molecule has 0 radical (unpaired) electrons. The first-order chi connectivity index (χ1) is 10.1. The van der Waals surface area contributed by atoms with Crippen molar-refractivity contribution in [2.75, 3.05) is 19.1 Å². The molecule has 2 aromatic rings. The van der Waals surface area contributed by atoms with Gasteiger partial charge in [-0.2, -0.15) is 0 Å². The first kappa shape index (κ1) is 14.6. The number of hydrogen-bond donors (Lipinski definition) is 2. The molecule has 7 heteroatoms. The van der Waals surface area contributed by atoms with Crippen molar-refractivity contribution in [3.05, 3.63) is 41.7 Å². The quantitative estimate of drug-likeness (QED) is 0.384.